The Hall–Kier alpha value is 0.0600. The van der Waals surface area contributed by atoms with Gasteiger partial charge in [-0.25, -0.2) is 4.39 Å². The minimum atomic E-state index is -6.66. The summed E-state index contributed by atoms with van der Waals surface area (Å²) in [4.78, 5) is 0. The van der Waals surface area contributed by atoms with Gasteiger partial charge in [-0.15, -0.1) is 0 Å². The van der Waals surface area contributed by atoms with Gasteiger partial charge in [0.2, 0.25) is 0 Å². The van der Waals surface area contributed by atoms with Crippen molar-refractivity contribution in [1.29, 1.82) is 0 Å². The summed E-state index contributed by atoms with van der Waals surface area (Å²) < 4.78 is 119. The largest absolute Gasteiger partial charge is 0.457 e. The monoisotopic (exact) mass is 516 g/mol. The van der Waals surface area contributed by atoms with E-state index in [1.807, 2.05) is 6.92 Å². The molecule has 158 valence electrons. The van der Waals surface area contributed by atoms with Crippen molar-refractivity contribution in [3.05, 3.63) is 0 Å². The molecule has 0 amide bonds. The summed E-state index contributed by atoms with van der Waals surface area (Å²) in [6, 6.07) is 0. The van der Waals surface area contributed by atoms with Gasteiger partial charge in [0.05, 0.1) is 6.61 Å². The maximum atomic E-state index is 13.9. The minimum absolute atomic E-state index is 0.118. The molecule has 0 aromatic heterocycles. The smallest absolute Gasteiger partial charge is 0.380 e. The first-order chi connectivity index (χ1) is 11.7. The maximum absolute atomic E-state index is 13.9. The van der Waals surface area contributed by atoms with Crippen molar-refractivity contribution in [2.24, 2.45) is 0 Å². The minimum Gasteiger partial charge on any atom is -0.380 e. The van der Waals surface area contributed by atoms with Crippen molar-refractivity contribution in [3.63, 3.8) is 0 Å². The van der Waals surface area contributed by atoms with Gasteiger partial charge in [-0.2, -0.15) is 35.1 Å². The summed E-state index contributed by atoms with van der Waals surface area (Å²) in [5.74, 6) is -6.55. The van der Waals surface area contributed by atoms with Gasteiger partial charge in [0, 0.05) is 17.0 Å². The first-order valence-corrected chi connectivity index (χ1v) is 9.37. The van der Waals surface area contributed by atoms with Crippen LogP contribution in [0.3, 0.4) is 0 Å². The molecule has 2 unspecified atom stereocenters. The highest BCUT2D eigenvalue weighted by atomic mass is 127. The van der Waals surface area contributed by atoms with Gasteiger partial charge in [0.15, 0.2) is 0 Å². The van der Waals surface area contributed by atoms with Gasteiger partial charge in [0.25, 0.3) is 5.67 Å². The fourth-order valence-electron chi connectivity index (χ4n) is 2.21. The predicted molar refractivity (Wildman–Crippen MR) is 87.5 cm³/mol. The molecule has 0 rings (SSSR count). The third-order valence-electron chi connectivity index (χ3n) is 3.75. The maximum Gasteiger partial charge on any atom is 0.457 e. The van der Waals surface area contributed by atoms with Gasteiger partial charge in [0.1, 0.15) is 0 Å². The normalized spacial score (nSPS) is 17.2. The summed E-state index contributed by atoms with van der Waals surface area (Å²) in [5.41, 5.74) is -5.71. The average molecular weight is 516 g/mol. The van der Waals surface area contributed by atoms with Crippen LogP contribution >= 0.6 is 22.6 Å². The summed E-state index contributed by atoms with van der Waals surface area (Å²) in [6.45, 7) is 1.61. The van der Waals surface area contributed by atoms with Crippen LogP contribution in [0.1, 0.15) is 51.9 Å². The molecule has 0 fully saturated rings. The SMILES string of the molecule is CCCCCCCCOCC(I)CC(F)(C(F)(F)F)C(F)(F)C(F)(F)F. The molecule has 0 aromatic rings. The molecular formula is C15H22F9IO. The second kappa shape index (κ2) is 10.6. The van der Waals surface area contributed by atoms with Gasteiger partial charge in [-0.05, 0) is 6.42 Å². The Morgan fingerprint density at radius 1 is 0.769 bits per heavy atom. The first kappa shape index (κ1) is 26.1. The van der Waals surface area contributed by atoms with Crippen LogP contribution in [-0.2, 0) is 4.74 Å². The van der Waals surface area contributed by atoms with Gasteiger partial charge >= 0.3 is 18.3 Å². The number of ether oxygens (including phenoxy) is 1. The van der Waals surface area contributed by atoms with E-state index in [0.29, 0.717) is 6.42 Å². The molecule has 0 saturated heterocycles. The molecule has 0 aliphatic carbocycles. The lowest BCUT2D eigenvalue weighted by atomic mass is 9.91. The molecule has 0 saturated carbocycles. The Balaban J connectivity index is 4.62. The number of unbranched alkanes of at least 4 members (excludes halogenated alkanes) is 5. The highest BCUT2D eigenvalue weighted by Gasteiger charge is 2.80. The highest BCUT2D eigenvalue weighted by molar-refractivity contribution is 14.1. The van der Waals surface area contributed by atoms with E-state index in [1.54, 1.807) is 0 Å². The molecule has 2 atom stereocenters. The topological polar surface area (TPSA) is 9.23 Å². The number of halogens is 10. The van der Waals surface area contributed by atoms with Crippen LogP contribution in [0.25, 0.3) is 0 Å². The summed E-state index contributed by atoms with van der Waals surface area (Å²) >= 11 is 1.19. The predicted octanol–water partition coefficient (Wildman–Crippen LogP) is 7.03. The Labute approximate surface area is 160 Å². The molecule has 11 heteroatoms. The van der Waals surface area contributed by atoms with E-state index in [2.05, 4.69) is 0 Å². The van der Waals surface area contributed by atoms with E-state index in [-0.39, 0.29) is 6.61 Å². The molecule has 0 spiro atoms. The second-order valence-corrected chi connectivity index (χ2v) is 7.78. The molecule has 26 heavy (non-hydrogen) atoms. The van der Waals surface area contributed by atoms with E-state index in [0.717, 1.165) is 32.1 Å². The van der Waals surface area contributed by atoms with Crippen LogP contribution in [0.2, 0.25) is 0 Å². The van der Waals surface area contributed by atoms with E-state index in [4.69, 9.17) is 4.74 Å². The van der Waals surface area contributed by atoms with Gasteiger partial charge in [-0.3, -0.25) is 0 Å². The van der Waals surface area contributed by atoms with E-state index in [9.17, 15) is 39.5 Å². The summed E-state index contributed by atoms with van der Waals surface area (Å²) in [7, 11) is 0. The Kier molecular flexibility index (Phi) is 10.6. The number of hydrogen-bond donors (Lipinski definition) is 0. The second-order valence-electron chi connectivity index (χ2n) is 6.02. The van der Waals surface area contributed by atoms with E-state index in [1.165, 1.54) is 22.6 Å². The zero-order chi connectivity index (χ0) is 20.6. The fourth-order valence-corrected chi connectivity index (χ4v) is 3.07. The van der Waals surface area contributed by atoms with Crippen molar-refractivity contribution < 1.29 is 44.3 Å². The molecular weight excluding hydrogens is 494 g/mol. The standard InChI is InChI=1S/C15H22F9IO/c1-2-3-4-5-6-7-8-26-10-11(25)9-12(16,14(19,20)21)13(17,18)15(22,23)24/h11H,2-10H2,1H3. The van der Waals surface area contributed by atoms with Crippen LogP contribution in [0.15, 0.2) is 0 Å². The van der Waals surface area contributed by atoms with Crippen molar-refractivity contribution in [1.82, 2.24) is 0 Å². The third-order valence-corrected chi connectivity index (χ3v) is 4.55. The molecule has 1 nitrogen and oxygen atoms in total. The first-order valence-electron chi connectivity index (χ1n) is 8.12. The van der Waals surface area contributed by atoms with Crippen molar-refractivity contribution in [2.45, 2.75) is 79.7 Å². The molecule has 0 bridgehead atoms. The van der Waals surface area contributed by atoms with Crippen molar-refractivity contribution in [3.8, 4) is 0 Å². The number of alkyl halides is 10. The lowest BCUT2D eigenvalue weighted by molar-refractivity contribution is -0.384. The molecule has 0 heterocycles. The summed E-state index contributed by atoms with van der Waals surface area (Å²) in [5, 5.41) is 0. The van der Waals surface area contributed by atoms with Gasteiger partial charge < -0.3 is 4.74 Å². The number of hydrogen-bond acceptors (Lipinski definition) is 1. The summed E-state index contributed by atoms with van der Waals surface area (Å²) in [6.07, 6.45) is -9.64. The zero-order valence-electron chi connectivity index (χ0n) is 14.1. The van der Waals surface area contributed by atoms with Crippen molar-refractivity contribution >= 4 is 22.6 Å². The molecule has 0 aliphatic heterocycles. The number of rotatable bonds is 12. The molecule has 0 radical (unpaired) electrons. The van der Waals surface area contributed by atoms with E-state index < -0.39 is 40.9 Å². The Bertz CT molecular complexity index is 398. The van der Waals surface area contributed by atoms with Crippen LogP contribution in [0, 0.1) is 0 Å². The van der Waals surface area contributed by atoms with Crippen LogP contribution < -0.4 is 0 Å². The fraction of sp³-hybridized carbons (Fsp3) is 1.00. The zero-order valence-corrected chi connectivity index (χ0v) is 16.3. The lowest BCUT2D eigenvalue weighted by Crippen LogP contribution is -2.63. The molecule has 0 aromatic carbocycles. The lowest BCUT2D eigenvalue weighted by Gasteiger charge is -2.36. The van der Waals surface area contributed by atoms with Gasteiger partial charge in [-0.1, -0.05) is 61.6 Å². The average Bonchev–Trinajstić information content (AvgIpc) is 2.47. The quantitative estimate of drug-likeness (QED) is 0.117. The Morgan fingerprint density at radius 3 is 1.73 bits per heavy atom. The van der Waals surface area contributed by atoms with Crippen LogP contribution in [-0.4, -0.2) is 41.1 Å². The van der Waals surface area contributed by atoms with E-state index >= 15 is 0 Å². The molecule has 0 aliphatic rings. The van der Waals surface area contributed by atoms with Crippen LogP contribution in [0.4, 0.5) is 39.5 Å². The van der Waals surface area contributed by atoms with Crippen molar-refractivity contribution in [2.75, 3.05) is 13.2 Å². The Morgan fingerprint density at radius 2 is 1.27 bits per heavy atom. The third kappa shape index (κ3) is 7.23. The van der Waals surface area contributed by atoms with Crippen LogP contribution in [0.5, 0.6) is 0 Å². The highest BCUT2D eigenvalue weighted by Crippen LogP contribution is 2.55. The molecule has 0 N–H and O–H groups in total.